The van der Waals surface area contributed by atoms with Gasteiger partial charge in [-0.15, -0.1) is 0 Å². The second-order valence-corrected chi connectivity index (χ2v) is 8.64. The molecule has 3 heterocycles. The van der Waals surface area contributed by atoms with Crippen molar-refractivity contribution in [3.63, 3.8) is 0 Å². The van der Waals surface area contributed by atoms with Crippen molar-refractivity contribution in [3.05, 3.63) is 30.7 Å². The number of carbonyl (C=O) groups is 1. The van der Waals surface area contributed by atoms with E-state index in [9.17, 15) is 13.2 Å². The summed E-state index contributed by atoms with van der Waals surface area (Å²) in [5.41, 5.74) is 0.579. The van der Waals surface area contributed by atoms with Gasteiger partial charge in [0.05, 0.1) is 6.33 Å². The molecular weight excluding hydrogens is 384 g/mol. The summed E-state index contributed by atoms with van der Waals surface area (Å²) in [7, 11) is -3.61. The van der Waals surface area contributed by atoms with Crippen LogP contribution in [-0.2, 0) is 21.4 Å². The highest BCUT2D eigenvalue weighted by Gasteiger charge is 2.28. The maximum Gasteiger partial charge on any atom is 0.262 e. The van der Waals surface area contributed by atoms with Crippen molar-refractivity contribution < 1.29 is 22.7 Å². The Hall–Kier alpha value is -2.59. The van der Waals surface area contributed by atoms with Gasteiger partial charge in [-0.05, 0) is 25.0 Å². The zero-order chi connectivity index (χ0) is 19.6. The number of sulfonamides is 1. The SMILES string of the molecule is O=C(Cn1cnc(S(=O)(=O)N2CCCCC2)c1)Nc1ccc2c(c1)OCCO2. The minimum absolute atomic E-state index is 0.0264. The van der Waals surface area contributed by atoms with Gasteiger partial charge in [-0.2, -0.15) is 4.31 Å². The number of hydrogen-bond acceptors (Lipinski definition) is 6. The third-order valence-electron chi connectivity index (χ3n) is 4.68. The number of piperidine rings is 1. The largest absolute Gasteiger partial charge is 0.486 e. The fourth-order valence-electron chi connectivity index (χ4n) is 3.28. The van der Waals surface area contributed by atoms with E-state index >= 15 is 0 Å². The molecule has 1 saturated heterocycles. The van der Waals surface area contributed by atoms with E-state index in [-0.39, 0.29) is 17.5 Å². The first-order chi connectivity index (χ1) is 13.5. The minimum atomic E-state index is -3.61. The molecule has 2 aliphatic rings. The molecule has 4 rings (SSSR count). The molecule has 1 amide bonds. The minimum Gasteiger partial charge on any atom is -0.486 e. The summed E-state index contributed by atoms with van der Waals surface area (Å²) in [6, 6.07) is 5.17. The van der Waals surface area contributed by atoms with Crippen molar-refractivity contribution in [2.75, 3.05) is 31.6 Å². The molecule has 0 atom stereocenters. The number of nitrogens with one attached hydrogen (secondary N) is 1. The molecule has 1 N–H and O–H groups in total. The highest BCUT2D eigenvalue weighted by molar-refractivity contribution is 7.89. The van der Waals surface area contributed by atoms with Crippen LogP contribution in [0.2, 0.25) is 0 Å². The lowest BCUT2D eigenvalue weighted by Crippen LogP contribution is -2.35. The Labute approximate surface area is 163 Å². The van der Waals surface area contributed by atoms with Crippen molar-refractivity contribution in [3.8, 4) is 11.5 Å². The number of aromatic nitrogens is 2. The second-order valence-electron chi connectivity index (χ2n) is 6.76. The van der Waals surface area contributed by atoms with Crippen LogP contribution in [0.5, 0.6) is 11.5 Å². The molecule has 0 bridgehead atoms. The van der Waals surface area contributed by atoms with E-state index in [1.807, 2.05) is 0 Å². The number of benzene rings is 1. The maximum absolute atomic E-state index is 12.6. The molecule has 0 aliphatic carbocycles. The smallest absolute Gasteiger partial charge is 0.262 e. The van der Waals surface area contributed by atoms with E-state index in [2.05, 4.69) is 10.3 Å². The van der Waals surface area contributed by atoms with E-state index in [4.69, 9.17) is 9.47 Å². The first kappa shape index (κ1) is 18.8. The van der Waals surface area contributed by atoms with Crippen LogP contribution in [0.15, 0.2) is 35.7 Å². The zero-order valence-corrected chi connectivity index (χ0v) is 16.2. The lowest BCUT2D eigenvalue weighted by Gasteiger charge is -2.24. The molecule has 9 nitrogen and oxygen atoms in total. The van der Waals surface area contributed by atoms with Crippen LogP contribution in [0.3, 0.4) is 0 Å². The van der Waals surface area contributed by atoms with Gasteiger partial charge in [0.2, 0.25) is 5.91 Å². The average Bonchev–Trinajstić information content (AvgIpc) is 3.18. The molecule has 28 heavy (non-hydrogen) atoms. The number of carbonyl (C=O) groups excluding carboxylic acids is 1. The predicted octanol–water partition coefficient (Wildman–Crippen LogP) is 1.47. The number of amides is 1. The van der Waals surface area contributed by atoms with Gasteiger partial charge < -0.3 is 19.4 Å². The number of nitrogens with zero attached hydrogens (tertiary/aromatic N) is 3. The fourth-order valence-corrected chi connectivity index (χ4v) is 4.74. The molecule has 1 fully saturated rings. The van der Waals surface area contributed by atoms with Gasteiger partial charge in [0, 0.05) is 31.0 Å². The first-order valence-corrected chi connectivity index (χ1v) is 10.7. The van der Waals surface area contributed by atoms with Crippen LogP contribution in [0.4, 0.5) is 5.69 Å². The molecule has 2 aliphatic heterocycles. The summed E-state index contributed by atoms with van der Waals surface area (Å²) in [6.45, 7) is 1.95. The maximum atomic E-state index is 12.6. The summed E-state index contributed by atoms with van der Waals surface area (Å²) in [4.78, 5) is 16.3. The molecule has 0 radical (unpaired) electrons. The summed E-state index contributed by atoms with van der Waals surface area (Å²) >= 11 is 0. The van der Waals surface area contributed by atoms with Crippen LogP contribution in [0, 0.1) is 0 Å². The monoisotopic (exact) mass is 406 g/mol. The summed E-state index contributed by atoms with van der Waals surface area (Å²) in [5, 5.41) is 2.74. The third-order valence-corrected chi connectivity index (χ3v) is 6.47. The molecule has 0 saturated carbocycles. The number of hydrogen-bond donors (Lipinski definition) is 1. The summed E-state index contributed by atoms with van der Waals surface area (Å²) < 4.78 is 39.1. The predicted molar refractivity (Wildman–Crippen MR) is 101 cm³/mol. The quantitative estimate of drug-likeness (QED) is 0.807. The molecule has 10 heteroatoms. The van der Waals surface area contributed by atoms with Gasteiger partial charge in [0.1, 0.15) is 19.8 Å². The first-order valence-electron chi connectivity index (χ1n) is 9.24. The molecule has 0 spiro atoms. The summed E-state index contributed by atoms with van der Waals surface area (Å²) in [6.07, 6.45) is 5.52. The Morgan fingerprint density at radius 3 is 2.64 bits per heavy atom. The Kier molecular flexibility index (Phi) is 5.23. The number of ether oxygens (including phenoxy) is 2. The fraction of sp³-hybridized carbons (Fsp3) is 0.444. The Morgan fingerprint density at radius 1 is 1.11 bits per heavy atom. The van der Waals surface area contributed by atoms with Crippen LogP contribution in [0.25, 0.3) is 0 Å². The number of rotatable bonds is 5. The van der Waals surface area contributed by atoms with E-state index in [0.29, 0.717) is 43.5 Å². The van der Waals surface area contributed by atoms with Crippen molar-refractivity contribution in [1.82, 2.24) is 13.9 Å². The topological polar surface area (TPSA) is 103 Å². The highest BCUT2D eigenvalue weighted by atomic mass is 32.2. The average molecular weight is 406 g/mol. The molecule has 2 aromatic rings. The second kappa shape index (κ2) is 7.80. The van der Waals surface area contributed by atoms with E-state index in [0.717, 1.165) is 19.3 Å². The molecular formula is C18H22N4O5S. The van der Waals surface area contributed by atoms with Crippen LogP contribution in [0.1, 0.15) is 19.3 Å². The lowest BCUT2D eigenvalue weighted by atomic mass is 10.2. The Balaban J connectivity index is 1.40. The van der Waals surface area contributed by atoms with Crippen LogP contribution >= 0.6 is 0 Å². The van der Waals surface area contributed by atoms with Gasteiger partial charge in [-0.3, -0.25) is 4.79 Å². The van der Waals surface area contributed by atoms with Gasteiger partial charge in [-0.1, -0.05) is 6.42 Å². The molecule has 150 valence electrons. The third kappa shape index (κ3) is 3.97. The van der Waals surface area contributed by atoms with Crippen molar-refractivity contribution in [2.45, 2.75) is 30.8 Å². The van der Waals surface area contributed by atoms with Crippen molar-refractivity contribution >= 4 is 21.6 Å². The number of imidazole rings is 1. The normalized spacial score (nSPS) is 17.3. The number of anilines is 1. The zero-order valence-electron chi connectivity index (χ0n) is 15.3. The molecule has 1 aromatic carbocycles. The number of fused-ring (bicyclic) bond motifs is 1. The van der Waals surface area contributed by atoms with Crippen LogP contribution < -0.4 is 14.8 Å². The van der Waals surface area contributed by atoms with Crippen molar-refractivity contribution in [2.24, 2.45) is 0 Å². The van der Waals surface area contributed by atoms with E-state index in [1.165, 1.54) is 21.4 Å². The summed E-state index contributed by atoms with van der Waals surface area (Å²) in [5.74, 6) is 0.934. The van der Waals surface area contributed by atoms with E-state index < -0.39 is 10.0 Å². The molecule has 1 aromatic heterocycles. The van der Waals surface area contributed by atoms with Crippen LogP contribution in [-0.4, -0.2) is 54.5 Å². The molecule has 0 unspecified atom stereocenters. The highest BCUT2D eigenvalue weighted by Crippen LogP contribution is 2.32. The Morgan fingerprint density at radius 2 is 1.86 bits per heavy atom. The lowest BCUT2D eigenvalue weighted by molar-refractivity contribution is -0.116. The van der Waals surface area contributed by atoms with Gasteiger partial charge in [0.25, 0.3) is 10.0 Å². The van der Waals surface area contributed by atoms with Crippen molar-refractivity contribution in [1.29, 1.82) is 0 Å². The van der Waals surface area contributed by atoms with Gasteiger partial charge in [0.15, 0.2) is 16.5 Å². The standard InChI is InChI=1S/C18H22N4O5S/c23-17(20-14-4-5-15-16(10-14)27-9-8-26-15)11-21-12-18(19-13-21)28(24,25)22-6-2-1-3-7-22/h4-5,10,12-13H,1-3,6-9,11H2,(H,20,23). The van der Waals surface area contributed by atoms with E-state index in [1.54, 1.807) is 18.2 Å². The Bertz CT molecular complexity index is 966. The van der Waals surface area contributed by atoms with Gasteiger partial charge >= 0.3 is 0 Å². The van der Waals surface area contributed by atoms with Gasteiger partial charge in [-0.25, -0.2) is 13.4 Å².